The van der Waals surface area contributed by atoms with Crippen LogP contribution in [0.4, 0.5) is 0 Å². The fraction of sp³-hybridized carbons (Fsp3) is 0.667. The topological polar surface area (TPSA) is 148 Å². The molecule has 2 saturated heterocycles. The van der Waals surface area contributed by atoms with E-state index in [9.17, 15) is 19.2 Å². The minimum absolute atomic E-state index is 0.0793. The average Bonchev–Trinajstić information content (AvgIpc) is 3.45. The number of nitrogens with one attached hydrogen (secondary N) is 2. The number of ether oxygens (including phenoxy) is 6. The molecule has 2 fully saturated rings. The highest BCUT2D eigenvalue weighted by Crippen LogP contribution is 2.03. The van der Waals surface area contributed by atoms with E-state index < -0.39 is 24.1 Å². The lowest BCUT2D eigenvalue weighted by Crippen LogP contribution is -2.36. The van der Waals surface area contributed by atoms with Crippen molar-refractivity contribution in [2.45, 2.75) is 25.0 Å². The molecular weight excluding hydrogens is 404 g/mol. The number of carbonyl (C=O) groups excluding carboxylic acids is 4. The minimum Gasteiger partial charge on any atom is -0.462 e. The molecule has 0 aromatic rings. The quantitative estimate of drug-likeness (QED) is 0.210. The fourth-order valence-electron chi connectivity index (χ4n) is 2.34. The van der Waals surface area contributed by atoms with E-state index in [1.165, 1.54) is 0 Å². The number of hydrogen-bond donors (Lipinski definition) is 2. The highest BCUT2D eigenvalue weighted by Gasteiger charge is 2.24. The second-order valence-corrected chi connectivity index (χ2v) is 6.25. The van der Waals surface area contributed by atoms with Crippen molar-refractivity contribution in [2.75, 3.05) is 53.1 Å². The van der Waals surface area contributed by atoms with Crippen molar-refractivity contribution in [3.63, 3.8) is 0 Å². The van der Waals surface area contributed by atoms with Gasteiger partial charge in [-0.15, -0.1) is 0 Å². The minimum atomic E-state index is -0.697. The van der Waals surface area contributed by atoms with Gasteiger partial charge in [0.05, 0.1) is 26.4 Å². The molecule has 2 aliphatic rings. The van der Waals surface area contributed by atoms with Gasteiger partial charge in [0.1, 0.15) is 13.6 Å². The maximum absolute atomic E-state index is 11.6. The Morgan fingerprint density at radius 1 is 0.767 bits per heavy atom. The maximum Gasteiger partial charge on any atom is 0.331 e. The van der Waals surface area contributed by atoms with Crippen LogP contribution in [0.3, 0.4) is 0 Å². The predicted octanol–water partition coefficient (Wildman–Crippen LogP) is -1.61. The third-order valence-corrected chi connectivity index (χ3v) is 3.91. The van der Waals surface area contributed by atoms with Gasteiger partial charge >= 0.3 is 11.9 Å². The Morgan fingerprint density at radius 2 is 1.20 bits per heavy atom. The van der Waals surface area contributed by atoms with Crippen LogP contribution in [0.1, 0.15) is 12.8 Å². The zero-order chi connectivity index (χ0) is 21.6. The smallest absolute Gasteiger partial charge is 0.331 e. The monoisotopic (exact) mass is 430 g/mol. The van der Waals surface area contributed by atoms with E-state index >= 15 is 0 Å². The van der Waals surface area contributed by atoms with Crippen molar-refractivity contribution >= 4 is 23.8 Å². The van der Waals surface area contributed by atoms with Gasteiger partial charge in [-0.05, 0) is 12.8 Å². The van der Waals surface area contributed by atoms with Crippen molar-refractivity contribution in [2.24, 2.45) is 0 Å². The summed E-state index contributed by atoms with van der Waals surface area (Å²) in [7, 11) is 0. The van der Waals surface area contributed by atoms with E-state index in [1.54, 1.807) is 0 Å². The zero-order valence-corrected chi connectivity index (χ0v) is 16.5. The van der Waals surface area contributed by atoms with Gasteiger partial charge in [-0.2, -0.15) is 0 Å². The molecule has 0 spiro atoms. The lowest BCUT2D eigenvalue weighted by Gasteiger charge is -2.09. The molecule has 2 rings (SSSR count). The Kier molecular flexibility index (Phi) is 10.8. The summed E-state index contributed by atoms with van der Waals surface area (Å²) in [5.74, 6) is -1.95. The molecule has 2 atom stereocenters. The molecular formula is C18H26N2O10. The zero-order valence-electron chi connectivity index (χ0n) is 16.5. The van der Waals surface area contributed by atoms with Gasteiger partial charge in [-0.25, -0.2) is 9.59 Å². The summed E-state index contributed by atoms with van der Waals surface area (Å²) in [6, 6.07) is 0. The van der Waals surface area contributed by atoms with Crippen molar-refractivity contribution in [3.8, 4) is 0 Å². The molecule has 12 nitrogen and oxygen atoms in total. The summed E-state index contributed by atoms with van der Waals surface area (Å²) in [5, 5.41) is 5.28. The van der Waals surface area contributed by atoms with E-state index in [2.05, 4.69) is 10.6 Å². The van der Waals surface area contributed by atoms with Crippen LogP contribution in [-0.4, -0.2) is 89.1 Å². The molecule has 0 aliphatic carbocycles. The van der Waals surface area contributed by atoms with E-state index in [4.69, 9.17) is 28.4 Å². The van der Waals surface area contributed by atoms with Crippen LogP contribution >= 0.6 is 0 Å². The number of rotatable bonds is 12. The number of amides is 2. The predicted molar refractivity (Wildman–Crippen MR) is 97.7 cm³/mol. The lowest BCUT2D eigenvalue weighted by molar-refractivity contribution is -0.140. The Balaban J connectivity index is 1.43. The van der Waals surface area contributed by atoms with Crippen LogP contribution in [0, 0.1) is 0 Å². The second-order valence-electron chi connectivity index (χ2n) is 6.25. The summed E-state index contributed by atoms with van der Waals surface area (Å²) in [5.41, 5.74) is 0. The van der Waals surface area contributed by atoms with Crippen molar-refractivity contribution in [1.29, 1.82) is 0 Å². The van der Waals surface area contributed by atoms with Crippen molar-refractivity contribution < 1.29 is 47.6 Å². The third-order valence-electron chi connectivity index (χ3n) is 3.91. The number of carbonyl (C=O) groups is 4. The molecule has 168 valence electrons. The van der Waals surface area contributed by atoms with Gasteiger partial charge < -0.3 is 39.1 Å². The number of hydrogen-bond acceptors (Lipinski definition) is 10. The van der Waals surface area contributed by atoms with Crippen LogP contribution in [-0.2, 0) is 47.6 Å². The van der Waals surface area contributed by atoms with Gasteiger partial charge in [0.15, 0.2) is 12.2 Å². The van der Waals surface area contributed by atoms with Gasteiger partial charge in [0.25, 0.3) is 11.8 Å². The Labute approximate surface area is 173 Å². The Hall–Kier alpha value is -2.54. The highest BCUT2D eigenvalue weighted by molar-refractivity contribution is 5.91. The first-order chi connectivity index (χ1) is 14.6. The largest absolute Gasteiger partial charge is 0.462 e. The van der Waals surface area contributed by atoms with E-state index in [0.29, 0.717) is 25.9 Å². The van der Waals surface area contributed by atoms with Gasteiger partial charge in [-0.3, -0.25) is 9.59 Å². The Bertz CT molecular complexity index is 560. The first kappa shape index (κ1) is 23.7. The summed E-state index contributed by atoms with van der Waals surface area (Å²) in [6.45, 7) is 1.44. The molecule has 0 radical (unpaired) electrons. The first-order valence-electron chi connectivity index (χ1n) is 9.52. The summed E-state index contributed by atoms with van der Waals surface area (Å²) >= 11 is 0. The molecule has 0 bridgehead atoms. The normalized spacial score (nSPS) is 20.8. The number of esters is 2. The van der Waals surface area contributed by atoms with Crippen LogP contribution in [0.5, 0.6) is 0 Å². The molecule has 0 aromatic heterocycles. The summed E-state index contributed by atoms with van der Waals surface area (Å²) in [6.07, 6.45) is 1.54. The van der Waals surface area contributed by atoms with Crippen LogP contribution in [0.15, 0.2) is 12.2 Å². The molecule has 2 aliphatic heterocycles. The molecule has 2 heterocycles. The average molecular weight is 430 g/mol. The third kappa shape index (κ3) is 9.31. The maximum atomic E-state index is 11.6. The van der Waals surface area contributed by atoms with E-state index in [0.717, 1.165) is 12.2 Å². The molecule has 12 heteroatoms. The molecule has 2 amide bonds. The fourth-order valence-corrected chi connectivity index (χ4v) is 2.34. The van der Waals surface area contributed by atoms with Crippen LogP contribution < -0.4 is 10.6 Å². The standard InChI is InChI=1S/C18H26N2O10/c21-15(27-7-1-5-19-17(23)13-9-25-11-29-13)3-4-16(22)28-8-2-6-20-18(24)14-10-26-12-30-14/h3-4,13-14H,1-2,5-12H2,(H,19,23)(H,20,24)/b4-3+/t13-,14-/m0/s1. The first-order valence-corrected chi connectivity index (χ1v) is 9.52. The SMILES string of the molecule is O=C(/C=C/C(=O)OCCCNC(=O)[C@@H]1COCO1)OCCCNC(=O)[C@@H]1COCO1. The van der Waals surface area contributed by atoms with Gasteiger partial charge in [-0.1, -0.05) is 0 Å². The molecule has 2 N–H and O–H groups in total. The van der Waals surface area contributed by atoms with Crippen molar-refractivity contribution in [3.05, 3.63) is 12.2 Å². The van der Waals surface area contributed by atoms with Crippen molar-refractivity contribution in [1.82, 2.24) is 10.6 Å². The van der Waals surface area contributed by atoms with E-state index in [-0.39, 0.29) is 51.8 Å². The van der Waals surface area contributed by atoms with Gasteiger partial charge in [0, 0.05) is 25.2 Å². The molecule has 30 heavy (non-hydrogen) atoms. The van der Waals surface area contributed by atoms with Crippen LogP contribution in [0.25, 0.3) is 0 Å². The molecule has 0 unspecified atom stereocenters. The summed E-state index contributed by atoms with van der Waals surface area (Å²) < 4.78 is 29.7. The summed E-state index contributed by atoms with van der Waals surface area (Å²) in [4.78, 5) is 46.3. The van der Waals surface area contributed by atoms with Gasteiger partial charge in [0.2, 0.25) is 0 Å². The molecule has 0 aromatic carbocycles. The van der Waals surface area contributed by atoms with Crippen LogP contribution in [0.2, 0.25) is 0 Å². The van der Waals surface area contributed by atoms with E-state index in [1.807, 2.05) is 0 Å². The lowest BCUT2D eigenvalue weighted by atomic mass is 10.3. The highest BCUT2D eigenvalue weighted by atomic mass is 16.7. The second kappa shape index (κ2) is 13.6. The molecule has 0 saturated carbocycles. The Morgan fingerprint density at radius 3 is 1.57 bits per heavy atom.